The van der Waals surface area contributed by atoms with Gasteiger partial charge in [0.2, 0.25) is 0 Å². The molecule has 0 aliphatic carbocycles. The summed E-state index contributed by atoms with van der Waals surface area (Å²) in [6, 6.07) is 4.14. The third kappa shape index (κ3) is 3.84. The number of piperidine rings is 1. The van der Waals surface area contributed by atoms with Gasteiger partial charge in [-0.15, -0.1) is 22.7 Å². The van der Waals surface area contributed by atoms with E-state index in [9.17, 15) is 4.79 Å². The number of amides is 1. The van der Waals surface area contributed by atoms with Crippen molar-refractivity contribution in [1.29, 1.82) is 0 Å². The Kier molecular flexibility index (Phi) is 5.41. The molecule has 0 saturated carbocycles. The normalized spacial score (nSPS) is 14.7. The maximum absolute atomic E-state index is 12.8. The summed E-state index contributed by atoms with van der Waals surface area (Å²) in [6.07, 6.45) is 4.54. The first kappa shape index (κ1) is 18.4. The van der Waals surface area contributed by atoms with Crippen LogP contribution in [0.25, 0.3) is 10.2 Å². The number of carbonyl (C=O) groups excluding carboxylic acids is 1. The van der Waals surface area contributed by atoms with E-state index in [1.807, 2.05) is 19.9 Å². The Morgan fingerprint density at radius 2 is 2.04 bits per heavy atom. The highest BCUT2D eigenvalue weighted by Crippen LogP contribution is 2.36. The minimum Gasteiger partial charge on any atom is -0.356 e. The maximum Gasteiger partial charge on any atom is 0.261 e. The van der Waals surface area contributed by atoms with E-state index in [2.05, 4.69) is 26.6 Å². The van der Waals surface area contributed by atoms with E-state index in [-0.39, 0.29) is 5.91 Å². The first-order chi connectivity index (χ1) is 13.1. The number of carbonyl (C=O) groups is 1. The van der Waals surface area contributed by atoms with E-state index in [1.165, 1.54) is 35.5 Å². The van der Waals surface area contributed by atoms with Gasteiger partial charge in [0.05, 0.1) is 10.3 Å². The predicted molar refractivity (Wildman–Crippen MR) is 113 cm³/mol. The fourth-order valence-corrected chi connectivity index (χ4v) is 5.45. The zero-order valence-electron chi connectivity index (χ0n) is 15.7. The van der Waals surface area contributed by atoms with Crippen LogP contribution in [-0.2, 0) is 6.42 Å². The fraction of sp³-hybridized carbons (Fsp3) is 0.450. The molecular weight excluding hydrogens is 376 g/mol. The number of anilines is 1. The van der Waals surface area contributed by atoms with Gasteiger partial charge in [-0.1, -0.05) is 6.07 Å². The first-order valence-electron chi connectivity index (χ1n) is 9.47. The van der Waals surface area contributed by atoms with Gasteiger partial charge in [0.1, 0.15) is 16.5 Å². The number of rotatable bonds is 5. The monoisotopic (exact) mass is 400 g/mol. The van der Waals surface area contributed by atoms with Crippen LogP contribution in [0, 0.1) is 13.8 Å². The third-order valence-electron chi connectivity index (χ3n) is 4.98. The van der Waals surface area contributed by atoms with Crippen LogP contribution in [-0.4, -0.2) is 35.5 Å². The molecule has 0 atom stereocenters. The Labute approximate surface area is 167 Å². The van der Waals surface area contributed by atoms with Crippen molar-refractivity contribution in [2.24, 2.45) is 0 Å². The van der Waals surface area contributed by atoms with Gasteiger partial charge < -0.3 is 10.2 Å². The molecule has 3 aromatic rings. The van der Waals surface area contributed by atoms with Crippen molar-refractivity contribution in [3.8, 4) is 0 Å². The summed E-state index contributed by atoms with van der Waals surface area (Å²) < 4.78 is 0. The van der Waals surface area contributed by atoms with Crippen LogP contribution in [0.15, 0.2) is 17.5 Å². The molecule has 0 aromatic carbocycles. The summed E-state index contributed by atoms with van der Waals surface area (Å²) >= 11 is 3.21. The number of aryl methyl sites for hydroxylation is 2. The molecular formula is C20H24N4OS2. The SMILES string of the molecule is Cc1nc(N2CCCCC2)c2c(C)c(C(=O)NCCc3cccs3)sc2n1. The van der Waals surface area contributed by atoms with Crippen LogP contribution in [0.3, 0.4) is 0 Å². The zero-order chi connectivity index (χ0) is 18.8. The van der Waals surface area contributed by atoms with Crippen molar-refractivity contribution < 1.29 is 4.79 Å². The van der Waals surface area contributed by atoms with Crippen LogP contribution < -0.4 is 10.2 Å². The molecule has 1 aliphatic rings. The van der Waals surface area contributed by atoms with Crippen molar-refractivity contribution in [3.05, 3.63) is 38.7 Å². The van der Waals surface area contributed by atoms with Crippen molar-refractivity contribution in [2.45, 2.75) is 39.5 Å². The molecule has 3 aromatic heterocycles. The Morgan fingerprint density at radius 3 is 2.78 bits per heavy atom. The highest BCUT2D eigenvalue weighted by atomic mass is 32.1. The maximum atomic E-state index is 12.8. The Balaban J connectivity index is 1.59. The Morgan fingerprint density at radius 1 is 1.22 bits per heavy atom. The molecule has 0 spiro atoms. The molecule has 1 saturated heterocycles. The van der Waals surface area contributed by atoms with E-state index in [4.69, 9.17) is 4.98 Å². The number of hydrogen-bond acceptors (Lipinski definition) is 6. The van der Waals surface area contributed by atoms with Crippen LogP contribution in [0.1, 0.15) is 45.2 Å². The second kappa shape index (κ2) is 7.94. The van der Waals surface area contributed by atoms with Gasteiger partial charge in [0.25, 0.3) is 5.91 Å². The molecule has 0 unspecified atom stereocenters. The van der Waals surface area contributed by atoms with Crippen molar-refractivity contribution in [3.63, 3.8) is 0 Å². The molecule has 1 N–H and O–H groups in total. The lowest BCUT2D eigenvalue weighted by atomic mass is 10.1. The standard InChI is InChI=1S/C20H24N4OS2/c1-13-16-18(24-10-4-3-5-11-24)22-14(2)23-20(16)27-17(13)19(25)21-9-8-15-7-6-12-26-15/h6-7,12H,3-5,8-11H2,1-2H3,(H,21,25). The first-order valence-corrected chi connectivity index (χ1v) is 11.2. The average Bonchev–Trinajstić information content (AvgIpc) is 3.30. The molecule has 0 radical (unpaired) electrons. The zero-order valence-corrected chi connectivity index (χ0v) is 17.4. The van der Waals surface area contributed by atoms with Gasteiger partial charge in [-0.05, 0) is 56.5 Å². The van der Waals surface area contributed by atoms with Gasteiger partial charge in [-0.25, -0.2) is 9.97 Å². The highest BCUT2D eigenvalue weighted by molar-refractivity contribution is 7.20. The lowest BCUT2D eigenvalue weighted by molar-refractivity contribution is 0.0958. The third-order valence-corrected chi connectivity index (χ3v) is 7.10. The Hall–Kier alpha value is -1.99. The molecule has 0 bridgehead atoms. The lowest BCUT2D eigenvalue weighted by Gasteiger charge is -2.28. The van der Waals surface area contributed by atoms with Crippen LogP contribution in [0.2, 0.25) is 0 Å². The van der Waals surface area contributed by atoms with Crippen molar-refractivity contribution in [2.75, 3.05) is 24.5 Å². The summed E-state index contributed by atoms with van der Waals surface area (Å²) in [6.45, 7) is 6.67. The van der Waals surface area contributed by atoms with Crippen molar-refractivity contribution >= 4 is 44.6 Å². The van der Waals surface area contributed by atoms with E-state index in [0.717, 1.165) is 51.8 Å². The smallest absolute Gasteiger partial charge is 0.261 e. The minimum atomic E-state index is -0.00527. The summed E-state index contributed by atoms with van der Waals surface area (Å²) in [5.41, 5.74) is 1.00. The number of nitrogens with zero attached hydrogens (tertiary/aromatic N) is 3. The molecule has 1 aliphatic heterocycles. The second-order valence-corrected chi connectivity index (χ2v) is 9.00. The van der Waals surface area contributed by atoms with E-state index in [1.54, 1.807) is 11.3 Å². The van der Waals surface area contributed by atoms with Crippen LogP contribution in [0.4, 0.5) is 5.82 Å². The average molecular weight is 401 g/mol. The topological polar surface area (TPSA) is 58.1 Å². The molecule has 27 heavy (non-hydrogen) atoms. The molecule has 1 amide bonds. The molecule has 1 fully saturated rings. The summed E-state index contributed by atoms with van der Waals surface area (Å²) in [5.74, 6) is 1.77. The molecule has 5 nitrogen and oxygen atoms in total. The van der Waals surface area contributed by atoms with Crippen LogP contribution in [0.5, 0.6) is 0 Å². The largest absolute Gasteiger partial charge is 0.356 e. The van der Waals surface area contributed by atoms with Gasteiger partial charge in [0.15, 0.2) is 0 Å². The number of fused-ring (bicyclic) bond motifs is 1. The molecule has 4 heterocycles. The number of hydrogen-bond donors (Lipinski definition) is 1. The van der Waals surface area contributed by atoms with E-state index >= 15 is 0 Å². The van der Waals surface area contributed by atoms with Crippen LogP contribution >= 0.6 is 22.7 Å². The summed E-state index contributed by atoms with van der Waals surface area (Å²) in [5, 5.41) is 6.19. The summed E-state index contributed by atoms with van der Waals surface area (Å²) in [7, 11) is 0. The number of aromatic nitrogens is 2. The number of nitrogens with one attached hydrogen (secondary N) is 1. The molecule has 7 heteroatoms. The van der Waals surface area contributed by atoms with Gasteiger partial charge in [-0.3, -0.25) is 4.79 Å². The van der Waals surface area contributed by atoms with Gasteiger partial charge >= 0.3 is 0 Å². The highest BCUT2D eigenvalue weighted by Gasteiger charge is 2.23. The summed E-state index contributed by atoms with van der Waals surface area (Å²) in [4.78, 5) is 27.5. The van der Waals surface area contributed by atoms with Crippen molar-refractivity contribution in [1.82, 2.24) is 15.3 Å². The van der Waals surface area contributed by atoms with Gasteiger partial charge in [-0.2, -0.15) is 0 Å². The second-order valence-electron chi connectivity index (χ2n) is 6.96. The number of thiophene rings is 2. The fourth-order valence-electron chi connectivity index (χ4n) is 3.61. The molecule has 142 valence electrons. The minimum absolute atomic E-state index is 0.00527. The quantitative estimate of drug-likeness (QED) is 0.692. The lowest BCUT2D eigenvalue weighted by Crippen LogP contribution is -2.30. The van der Waals surface area contributed by atoms with Gasteiger partial charge in [0, 0.05) is 24.5 Å². The van der Waals surface area contributed by atoms with E-state index < -0.39 is 0 Å². The Bertz CT molecular complexity index is 943. The predicted octanol–water partition coefficient (Wildman–Crippen LogP) is 4.33. The molecule has 4 rings (SSSR count). The van der Waals surface area contributed by atoms with E-state index in [0.29, 0.717) is 6.54 Å².